The van der Waals surface area contributed by atoms with E-state index in [2.05, 4.69) is 5.32 Å². The minimum absolute atomic E-state index is 0.0186. The van der Waals surface area contributed by atoms with Gasteiger partial charge in [-0.1, -0.05) is 0 Å². The SMILES string of the molecule is C[C@H](NC(C)(C)C)C(=O)c1ccc(F)cc1. The van der Waals surface area contributed by atoms with Gasteiger partial charge in [-0.2, -0.15) is 0 Å². The van der Waals surface area contributed by atoms with Crippen LogP contribution in [0.25, 0.3) is 0 Å². The highest BCUT2D eigenvalue weighted by Crippen LogP contribution is 2.08. The quantitative estimate of drug-likeness (QED) is 0.798. The summed E-state index contributed by atoms with van der Waals surface area (Å²) in [4.78, 5) is 11.9. The lowest BCUT2D eigenvalue weighted by atomic mass is 10.0. The molecule has 0 aliphatic carbocycles. The third kappa shape index (κ3) is 3.74. The van der Waals surface area contributed by atoms with Gasteiger partial charge in [0, 0.05) is 11.1 Å². The average molecular weight is 223 g/mol. The normalized spacial score (nSPS) is 13.6. The van der Waals surface area contributed by atoms with Gasteiger partial charge in [0.15, 0.2) is 5.78 Å². The fourth-order valence-electron chi connectivity index (χ4n) is 1.58. The van der Waals surface area contributed by atoms with Crippen LogP contribution < -0.4 is 5.32 Å². The smallest absolute Gasteiger partial charge is 0.179 e. The van der Waals surface area contributed by atoms with Gasteiger partial charge in [0.2, 0.25) is 0 Å². The molecule has 1 atom stereocenters. The number of hydrogen-bond donors (Lipinski definition) is 1. The van der Waals surface area contributed by atoms with Crippen LogP contribution in [0.1, 0.15) is 38.1 Å². The molecule has 1 rings (SSSR count). The summed E-state index contributed by atoms with van der Waals surface area (Å²) in [5.41, 5.74) is 0.417. The molecule has 3 heteroatoms. The lowest BCUT2D eigenvalue weighted by Gasteiger charge is -2.25. The van der Waals surface area contributed by atoms with E-state index in [1.165, 1.54) is 24.3 Å². The number of carbonyl (C=O) groups is 1. The molecule has 0 aromatic heterocycles. The van der Waals surface area contributed by atoms with Crippen molar-refractivity contribution in [3.8, 4) is 0 Å². The zero-order valence-corrected chi connectivity index (χ0v) is 10.2. The van der Waals surface area contributed by atoms with E-state index < -0.39 is 0 Å². The van der Waals surface area contributed by atoms with Crippen LogP contribution in [-0.2, 0) is 0 Å². The van der Waals surface area contributed by atoms with Gasteiger partial charge in [-0.05, 0) is 52.0 Å². The number of carbonyl (C=O) groups excluding carboxylic acids is 1. The van der Waals surface area contributed by atoms with Crippen molar-refractivity contribution in [2.45, 2.75) is 39.3 Å². The van der Waals surface area contributed by atoms with Crippen molar-refractivity contribution in [3.63, 3.8) is 0 Å². The molecule has 2 nitrogen and oxygen atoms in total. The van der Waals surface area contributed by atoms with Gasteiger partial charge in [-0.3, -0.25) is 4.79 Å². The second kappa shape index (κ2) is 4.74. The Hall–Kier alpha value is -1.22. The van der Waals surface area contributed by atoms with Crippen LogP contribution in [0.2, 0.25) is 0 Å². The largest absolute Gasteiger partial charge is 0.303 e. The molecule has 1 aromatic carbocycles. The second-order valence-corrected chi connectivity index (χ2v) is 4.99. The predicted molar refractivity (Wildman–Crippen MR) is 63.1 cm³/mol. The topological polar surface area (TPSA) is 29.1 Å². The van der Waals surface area contributed by atoms with Crippen molar-refractivity contribution in [1.29, 1.82) is 0 Å². The van der Waals surface area contributed by atoms with Crippen LogP contribution in [0.15, 0.2) is 24.3 Å². The van der Waals surface area contributed by atoms with Gasteiger partial charge >= 0.3 is 0 Å². The number of benzene rings is 1. The van der Waals surface area contributed by atoms with Crippen molar-refractivity contribution >= 4 is 5.78 Å². The Bertz CT molecular complexity index is 365. The van der Waals surface area contributed by atoms with E-state index in [1.807, 2.05) is 27.7 Å². The molecule has 0 radical (unpaired) electrons. The zero-order valence-electron chi connectivity index (χ0n) is 10.2. The number of Topliss-reactive ketones (excluding diaryl/α,β-unsaturated/α-hetero) is 1. The molecule has 0 spiro atoms. The highest BCUT2D eigenvalue weighted by Gasteiger charge is 2.20. The van der Waals surface area contributed by atoms with Gasteiger partial charge < -0.3 is 5.32 Å². The first-order valence-corrected chi connectivity index (χ1v) is 5.37. The highest BCUT2D eigenvalue weighted by molar-refractivity contribution is 5.99. The number of hydrogen-bond acceptors (Lipinski definition) is 2. The molecule has 0 saturated carbocycles. The first-order chi connectivity index (χ1) is 7.29. The zero-order chi connectivity index (χ0) is 12.3. The minimum atomic E-state index is -0.326. The molecule has 0 aliphatic rings. The van der Waals surface area contributed by atoms with Crippen molar-refractivity contribution in [2.24, 2.45) is 0 Å². The molecule has 88 valence electrons. The van der Waals surface area contributed by atoms with E-state index in [-0.39, 0.29) is 23.2 Å². The van der Waals surface area contributed by atoms with Crippen LogP contribution in [0.4, 0.5) is 4.39 Å². The molecule has 1 N–H and O–H groups in total. The molecule has 1 aromatic rings. The molecule has 0 amide bonds. The molecule has 0 heterocycles. The lowest BCUT2D eigenvalue weighted by molar-refractivity contribution is 0.0935. The van der Waals surface area contributed by atoms with E-state index >= 15 is 0 Å². The van der Waals surface area contributed by atoms with Gasteiger partial charge in [0.1, 0.15) is 5.82 Å². The van der Waals surface area contributed by atoms with Crippen LogP contribution in [0.3, 0.4) is 0 Å². The van der Waals surface area contributed by atoms with Gasteiger partial charge in [0.05, 0.1) is 6.04 Å². The maximum atomic E-state index is 12.7. The summed E-state index contributed by atoms with van der Waals surface area (Å²) in [5.74, 6) is -0.345. The molecule has 0 aliphatic heterocycles. The summed E-state index contributed by atoms with van der Waals surface area (Å²) >= 11 is 0. The summed E-state index contributed by atoms with van der Waals surface area (Å²) in [7, 11) is 0. The fourth-order valence-corrected chi connectivity index (χ4v) is 1.58. The Morgan fingerprint density at radius 1 is 1.25 bits per heavy atom. The summed E-state index contributed by atoms with van der Waals surface area (Å²) in [6.07, 6.45) is 0. The third-order valence-electron chi connectivity index (χ3n) is 2.17. The first-order valence-electron chi connectivity index (χ1n) is 5.37. The van der Waals surface area contributed by atoms with Gasteiger partial charge in [-0.25, -0.2) is 4.39 Å². The molecular formula is C13H18FNO. The van der Waals surface area contributed by atoms with E-state index in [9.17, 15) is 9.18 Å². The van der Waals surface area contributed by atoms with Crippen molar-refractivity contribution in [3.05, 3.63) is 35.6 Å². The van der Waals surface area contributed by atoms with E-state index in [0.717, 1.165) is 0 Å². The van der Waals surface area contributed by atoms with Gasteiger partial charge in [-0.15, -0.1) is 0 Å². The first kappa shape index (κ1) is 12.8. The summed E-state index contributed by atoms with van der Waals surface area (Å²) in [6.45, 7) is 7.82. The molecule has 16 heavy (non-hydrogen) atoms. The summed E-state index contributed by atoms with van der Waals surface area (Å²) in [6, 6.07) is 5.36. The predicted octanol–water partition coefficient (Wildman–Crippen LogP) is 2.79. The monoisotopic (exact) mass is 223 g/mol. The Morgan fingerprint density at radius 3 is 2.19 bits per heavy atom. The molecule has 0 fully saturated rings. The Labute approximate surface area is 95.9 Å². The summed E-state index contributed by atoms with van der Waals surface area (Å²) < 4.78 is 12.7. The molecule has 0 saturated heterocycles. The van der Waals surface area contributed by atoms with E-state index in [0.29, 0.717) is 5.56 Å². The molecule has 0 bridgehead atoms. The van der Waals surface area contributed by atoms with Crippen LogP contribution in [-0.4, -0.2) is 17.4 Å². The minimum Gasteiger partial charge on any atom is -0.303 e. The van der Waals surface area contributed by atoms with E-state index in [1.54, 1.807) is 0 Å². The Morgan fingerprint density at radius 2 is 1.75 bits per heavy atom. The van der Waals surface area contributed by atoms with Crippen molar-refractivity contribution < 1.29 is 9.18 Å². The van der Waals surface area contributed by atoms with Crippen LogP contribution >= 0.6 is 0 Å². The van der Waals surface area contributed by atoms with Crippen molar-refractivity contribution in [1.82, 2.24) is 5.32 Å². The van der Waals surface area contributed by atoms with Crippen LogP contribution in [0.5, 0.6) is 0 Å². The number of halogens is 1. The van der Waals surface area contributed by atoms with Crippen molar-refractivity contribution in [2.75, 3.05) is 0 Å². The highest BCUT2D eigenvalue weighted by atomic mass is 19.1. The van der Waals surface area contributed by atoms with Crippen LogP contribution in [0, 0.1) is 5.82 Å². The Kier molecular flexibility index (Phi) is 3.81. The average Bonchev–Trinajstić information content (AvgIpc) is 2.15. The van der Waals surface area contributed by atoms with Gasteiger partial charge in [0.25, 0.3) is 0 Å². The third-order valence-corrected chi connectivity index (χ3v) is 2.17. The fraction of sp³-hybridized carbons (Fsp3) is 0.462. The number of nitrogens with one attached hydrogen (secondary N) is 1. The maximum absolute atomic E-state index is 12.7. The maximum Gasteiger partial charge on any atom is 0.179 e. The van der Waals surface area contributed by atoms with E-state index in [4.69, 9.17) is 0 Å². The standard InChI is InChI=1S/C13H18FNO/c1-9(15-13(2,3)4)12(16)10-5-7-11(14)8-6-10/h5-9,15H,1-4H3/t9-/m0/s1. The Balaban J connectivity index is 2.74. The molecular weight excluding hydrogens is 205 g/mol. The molecule has 0 unspecified atom stereocenters. The summed E-state index contributed by atoms with van der Waals surface area (Å²) in [5, 5.41) is 3.19. The number of ketones is 1. The second-order valence-electron chi connectivity index (χ2n) is 4.99. The lowest BCUT2D eigenvalue weighted by Crippen LogP contribution is -2.46. The number of rotatable bonds is 3.